The van der Waals surface area contributed by atoms with Gasteiger partial charge in [0.2, 0.25) is 5.91 Å². The third kappa shape index (κ3) is 5.32. The van der Waals surface area contributed by atoms with Crippen molar-refractivity contribution in [3.8, 4) is 17.1 Å². The quantitative estimate of drug-likeness (QED) is 0.248. The van der Waals surface area contributed by atoms with Crippen molar-refractivity contribution < 1.29 is 4.79 Å². The van der Waals surface area contributed by atoms with Crippen molar-refractivity contribution >= 4 is 23.4 Å². The van der Waals surface area contributed by atoms with E-state index >= 15 is 0 Å². The first-order valence-corrected chi connectivity index (χ1v) is 12.9. The van der Waals surface area contributed by atoms with Crippen LogP contribution in [0.2, 0.25) is 0 Å². The van der Waals surface area contributed by atoms with Gasteiger partial charge in [0.15, 0.2) is 11.0 Å². The highest BCUT2D eigenvalue weighted by Crippen LogP contribution is 2.38. The molecule has 184 valence electrons. The number of carbonyl (C=O) groups is 1. The highest BCUT2D eigenvalue weighted by molar-refractivity contribution is 8.00. The molecule has 2 aromatic heterocycles. The van der Waals surface area contributed by atoms with E-state index in [1.165, 1.54) is 11.8 Å². The number of nitrogens with zero attached hydrogens (tertiary/aromatic N) is 4. The molecule has 0 saturated carbocycles. The lowest BCUT2D eigenvalue weighted by Gasteiger charge is -2.19. The lowest BCUT2D eigenvalue weighted by Crippen LogP contribution is -2.20. The van der Waals surface area contributed by atoms with Gasteiger partial charge < -0.3 is 5.32 Å². The number of thioether (sulfide) groups is 1. The Morgan fingerprint density at radius 3 is 2.41 bits per heavy atom. The van der Waals surface area contributed by atoms with E-state index < -0.39 is 5.25 Å². The van der Waals surface area contributed by atoms with Crippen LogP contribution >= 0.6 is 11.8 Å². The molecule has 0 spiro atoms. The highest BCUT2D eigenvalue weighted by atomic mass is 32.2. The molecule has 6 nitrogen and oxygen atoms in total. The van der Waals surface area contributed by atoms with Crippen molar-refractivity contribution in [2.24, 2.45) is 0 Å². The fourth-order valence-electron chi connectivity index (χ4n) is 4.13. The molecule has 0 aliphatic carbocycles. The molecule has 1 amide bonds. The number of benzene rings is 3. The van der Waals surface area contributed by atoms with Crippen LogP contribution in [0.25, 0.3) is 17.1 Å². The van der Waals surface area contributed by atoms with Gasteiger partial charge in [-0.15, -0.1) is 10.2 Å². The monoisotopic (exact) mass is 505 g/mol. The van der Waals surface area contributed by atoms with Gasteiger partial charge in [-0.3, -0.25) is 14.3 Å². The SMILES string of the molecule is Cc1ccc(C)c(NC(=O)[C@H](Sc2nnc(-c3cccnc3)n2-c2ccccc2C)c2ccccc2)c1. The summed E-state index contributed by atoms with van der Waals surface area (Å²) in [6.45, 7) is 6.07. The summed E-state index contributed by atoms with van der Waals surface area (Å²) in [6, 6.07) is 27.8. The van der Waals surface area contributed by atoms with E-state index in [0.717, 1.165) is 39.2 Å². The van der Waals surface area contributed by atoms with E-state index in [4.69, 9.17) is 0 Å². The summed E-state index contributed by atoms with van der Waals surface area (Å²) in [5.74, 6) is 0.554. The molecule has 1 atom stereocenters. The number of amides is 1. The third-order valence-corrected chi connectivity index (χ3v) is 7.32. The third-order valence-electron chi connectivity index (χ3n) is 6.12. The number of rotatable bonds is 7. The Balaban J connectivity index is 1.59. The zero-order valence-corrected chi connectivity index (χ0v) is 21.7. The summed E-state index contributed by atoms with van der Waals surface area (Å²) in [4.78, 5) is 18.0. The average Bonchev–Trinajstić information content (AvgIpc) is 3.34. The van der Waals surface area contributed by atoms with Crippen molar-refractivity contribution in [1.29, 1.82) is 0 Å². The Labute approximate surface area is 220 Å². The summed E-state index contributed by atoms with van der Waals surface area (Å²) in [5.41, 5.74) is 6.67. The Hall–Kier alpha value is -4.23. The van der Waals surface area contributed by atoms with E-state index in [-0.39, 0.29) is 5.91 Å². The van der Waals surface area contributed by atoms with E-state index in [1.54, 1.807) is 12.4 Å². The minimum atomic E-state index is -0.546. The molecule has 0 fully saturated rings. The van der Waals surface area contributed by atoms with Crippen molar-refractivity contribution in [3.63, 3.8) is 0 Å². The van der Waals surface area contributed by atoms with Gasteiger partial charge in [0.25, 0.3) is 0 Å². The second kappa shape index (κ2) is 10.8. The van der Waals surface area contributed by atoms with Crippen molar-refractivity contribution in [3.05, 3.63) is 120 Å². The topological polar surface area (TPSA) is 72.7 Å². The Morgan fingerprint density at radius 2 is 1.65 bits per heavy atom. The van der Waals surface area contributed by atoms with Gasteiger partial charge in [0.1, 0.15) is 5.25 Å². The number of aryl methyl sites for hydroxylation is 3. The van der Waals surface area contributed by atoms with Gasteiger partial charge >= 0.3 is 0 Å². The van der Waals surface area contributed by atoms with Crippen LogP contribution in [-0.2, 0) is 4.79 Å². The number of anilines is 1. The molecule has 37 heavy (non-hydrogen) atoms. The standard InChI is InChI=1S/C30H27N5OS/c1-20-15-16-21(2)25(18-20)32-29(36)27(23-11-5-4-6-12-23)37-30-34-33-28(24-13-9-17-31-19-24)35(30)26-14-8-7-10-22(26)3/h4-19,27H,1-3H3,(H,32,36)/t27-/m1/s1. The van der Waals surface area contributed by atoms with Crippen LogP contribution in [0.4, 0.5) is 5.69 Å². The zero-order valence-electron chi connectivity index (χ0n) is 20.9. The molecule has 0 aliphatic rings. The van der Waals surface area contributed by atoms with Crippen LogP contribution in [0.1, 0.15) is 27.5 Å². The molecule has 0 bridgehead atoms. The van der Waals surface area contributed by atoms with Crippen LogP contribution in [0.15, 0.2) is 102 Å². The van der Waals surface area contributed by atoms with Crippen LogP contribution in [0, 0.1) is 20.8 Å². The maximum Gasteiger partial charge on any atom is 0.242 e. The molecule has 2 heterocycles. The fourth-order valence-corrected chi connectivity index (χ4v) is 5.18. The van der Waals surface area contributed by atoms with Crippen molar-refractivity contribution in [2.75, 3.05) is 5.32 Å². The number of carbonyl (C=O) groups excluding carboxylic acids is 1. The van der Waals surface area contributed by atoms with Gasteiger partial charge in [-0.05, 0) is 67.3 Å². The summed E-state index contributed by atoms with van der Waals surface area (Å²) in [6.07, 6.45) is 3.51. The molecule has 3 aromatic carbocycles. The van der Waals surface area contributed by atoms with Crippen LogP contribution in [-0.4, -0.2) is 25.7 Å². The van der Waals surface area contributed by atoms with Gasteiger partial charge in [0.05, 0.1) is 5.69 Å². The molecule has 0 unspecified atom stereocenters. The van der Waals surface area contributed by atoms with Crippen LogP contribution in [0.5, 0.6) is 0 Å². The number of pyridine rings is 1. The number of hydrogen-bond acceptors (Lipinski definition) is 5. The molecular weight excluding hydrogens is 478 g/mol. The summed E-state index contributed by atoms with van der Waals surface area (Å²) in [7, 11) is 0. The maximum atomic E-state index is 13.8. The van der Waals surface area contributed by atoms with Crippen LogP contribution < -0.4 is 5.32 Å². The van der Waals surface area contributed by atoms with Crippen LogP contribution in [0.3, 0.4) is 0 Å². The van der Waals surface area contributed by atoms with Crippen molar-refractivity contribution in [2.45, 2.75) is 31.2 Å². The second-order valence-corrected chi connectivity index (χ2v) is 9.96. The summed E-state index contributed by atoms with van der Waals surface area (Å²) < 4.78 is 2.01. The van der Waals surface area contributed by atoms with Gasteiger partial charge in [-0.2, -0.15) is 0 Å². The minimum absolute atomic E-state index is 0.118. The molecule has 0 radical (unpaired) electrons. The molecule has 7 heteroatoms. The van der Waals surface area contributed by atoms with Gasteiger partial charge in [-0.25, -0.2) is 0 Å². The Morgan fingerprint density at radius 1 is 0.865 bits per heavy atom. The number of aromatic nitrogens is 4. The molecular formula is C30H27N5OS. The lowest BCUT2D eigenvalue weighted by molar-refractivity contribution is -0.115. The number of hydrogen-bond donors (Lipinski definition) is 1. The van der Waals surface area contributed by atoms with E-state index in [2.05, 4.69) is 33.5 Å². The second-order valence-electron chi connectivity index (χ2n) is 8.89. The molecule has 1 N–H and O–H groups in total. The fraction of sp³-hybridized carbons (Fsp3) is 0.133. The zero-order chi connectivity index (χ0) is 25.8. The molecule has 0 aliphatic heterocycles. The maximum absolute atomic E-state index is 13.8. The van der Waals surface area contributed by atoms with Gasteiger partial charge in [-0.1, -0.05) is 72.4 Å². The predicted molar refractivity (Wildman–Crippen MR) is 149 cm³/mol. The first-order chi connectivity index (χ1) is 18.0. The smallest absolute Gasteiger partial charge is 0.242 e. The first kappa shape index (κ1) is 24.5. The van der Waals surface area contributed by atoms with E-state index in [1.807, 2.05) is 97.3 Å². The largest absolute Gasteiger partial charge is 0.325 e. The van der Waals surface area contributed by atoms with Gasteiger partial charge in [0, 0.05) is 23.6 Å². The molecule has 5 rings (SSSR count). The molecule has 0 saturated heterocycles. The lowest BCUT2D eigenvalue weighted by atomic mass is 10.1. The highest BCUT2D eigenvalue weighted by Gasteiger charge is 2.27. The number of para-hydroxylation sites is 1. The van der Waals surface area contributed by atoms with E-state index in [9.17, 15) is 4.79 Å². The summed E-state index contributed by atoms with van der Waals surface area (Å²) >= 11 is 1.38. The average molecular weight is 506 g/mol. The van der Waals surface area contributed by atoms with Crippen molar-refractivity contribution in [1.82, 2.24) is 19.7 Å². The minimum Gasteiger partial charge on any atom is -0.325 e. The Bertz CT molecular complexity index is 1530. The Kier molecular flexibility index (Phi) is 7.14. The number of nitrogens with one attached hydrogen (secondary N) is 1. The normalized spacial score (nSPS) is 11.8. The summed E-state index contributed by atoms with van der Waals surface area (Å²) in [5, 5.41) is 12.3. The predicted octanol–water partition coefficient (Wildman–Crippen LogP) is 6.73. The first-order valence-electron chi connectivity index (χ1n) is 12.0. The molecule has 5 aromatic rings. The van der Waals surface area contributed by atoms with E-state index in [0.29, 0.717) is 11.0 Å².